The molecule has 0 fully saturated rings. The molecule has 0 spiro atoms. The first-order valence-corrected chi connectivity index (χ1v) is 8.65. The molecule has 5 nitrogen and oxygen atoms in total. The number of methoxy groups -OCH3 is 2. The predicted octanol–water partition coefficient (Wildman–Crippen LogP) is 4.53. The van der Waals surface area contributed by atoms with Crippen LogP contribution in [0.4, 0.5) is 9.52 Å². The second kappa shape index (κ2) is 7.53. The van der Waals surface area contributed by atoms with E-state index in [4.69, 9.17) is 9.47 Å². The first-order chi connectivity index (χ1) is 12.5. The first-order valence-electron chi connectivity index (χ1n) is 7.77. The Bertz CT molecular complexity index is 956. The van der Waals surface area contributed by atoms with Crippen molar-refractivity contribution in [2.24, 2.45) is 0 Å². The fourth-order valence-electron chi connectivity index (χ4n) is 2.45. The van der Waals surface area contributed by atoms with Gasteiger partial charge >= 0.3 is 0 Å². The molecule has 0 aliphatic carbocycles. The number of thiazole rings is 1. The topological polar surface area (TPSA) is 60.5 Å². The summed E-state index contributed by atoms with van der Waals surface area (Å²) in [5, 5.41) is 4.94. The van der Waals surface area contributed by atoms with Crippen LogP contribution in [0.25, 0.3) is 11.3 Å². The highest BCUT2D eigenvalue weighted by molar-refractivity contribution is 7.14. The first kappa shape index (κ1) is 17.9. The number of anilines is 1. The van der Waals surface area contributed by atoms with Gasteiger partial charge in [-0.25, -0.2) is 9.37 Å². The molecule has 7 heteroatoms. The van der Waals surface area contributed by atoms with E-state index in [-0.39, 0.29) is 11.3 Å². The maximum absolute atomic E-state index is 13.8. The fraction of sp³-hybridized carbons (Fsp3) is 0.158. The van der Waals surface area contributed by atoms with Crippen LogP contribution in [-0.4, -0.2) is 25.1 Å². The van der Waals surface area contributed by atoms with Crippen LogP contribution in [0, 0.1) is 12.7 Å². The summed E-state index contributed by atoms with van der Waals surface area (Å²) in [6.45, 7) is 1.98. The lowest BCUT2D eigenvalue weighted by atomic mass is 10.1. The highest BCUT2D eigenvalue weighted by Crippen LogP contribution is 2.33. The smallest absolute Gasteiger partial charge is 0.257 e. The molecule has 0 aliphatic rings. The van der Waals surface area contributed by atoms with E-state index in [0.717, 1.165) is 17.2 Å². The van der Waals surface area contributed by atoms with Crippen molar-refractivity contribution in [3.8, 4) is 22.8 Å². The summed E-state index contributed by atoms with van der Waals surface area (Å²) in [6.07, 6.45) is 0. The number of aryl methyl sites for hydroxylation is 1. The van der Waals surface area contributed by atoms with Crippen LogP contribution in [0.5, 0.6) is 11.5 Å². The molecule has 134 valence electrons. The minimum Gasteiger partial charge on any atom is -0.496 e. The SMILES string of the molecule is COc1ccc(C(=O)Nc2nc(-c3cc(C)ccc3OC)cs2)cc1F. The normalized spacial score (nSPS) is 10.5. The number of ether oxygens (including phenoxy) is 2. The number of nitrogens with zero attached hydrogens (tertiary/aromatic N) is 1. The predicted molar refractivity (Wildman–Crippen MR) is 99.7 cm³/mol. The minimum absolute atomic E-state index is 0.0876. The number of benzene rings is 2. The maximum atomic E-state index is 13.8. The maximum Gasteiger partial charge on any atom is 0.257 e. The average molecular weight is 372 g/mol. The molecule has 0 saturated carbocycles. The molecule has 0 radical (unpaired) electrons. The van der Waals surface area contributed by atoms with Crippen LogP contribution < -0.4 is 14.8 Å². The summed E-state index contributed by atoms with van der Waals surface area (Å²) in [4.78, 5) is 16.8. The average Bonchev–Trinajstić information content (AvgIpc) is 3.09. The summed E-state index contributed by atoms with van der Waals surface area (Å²) in [5.41, 5.74) is 2.81. The number of hydrogen-bond acceptors (Lipinski definition) is 5. The zero-order chi connectivity index (χ0) is 18.7. The molecule has 0 aliphatic heterocycles. The van der Waals surface area contributed by atoms with Crippen LogP contribution in [-0.2, 0) is 0 Å². The van der Waals surface area contributed by atoms with E-state index in [1.165, 1.54) is 30.6 Å². The van der Waals surface area contributed by atoms with Gasteiger partial charge in [0.15, 0.2) is 16.7 Å². The number of nitrogens with one attached hydrogen (secondary N) is 1. The molecule has 1 heterocycles. The van der Waals surface area contributed by atoms with Crippen molar-refractivity contribution < 1.29 is 18.7 Å². The van der Waals surface area contributed by atoms with Crippen molar-refractivity contribution >= 4 is 22.4 Å². The molecule has 0 bridgehead atoms. The Kier molecular flexibility index (Phi) is 5.18. The van der Waals surface area contributed by atoms with E-state index in [1.54, 1.807) is 7.11 Å². The second-order valence-corrected chi connectivity index (χ2v) is 6.40. The van der Waals surface area contributed by atoms with Gasteiger partial charge in [0, 0.05) is 16.5 Å². The number of carbonyl (C=O) groups excluding carboxylic acids is 1. The highest BCUT2D eigenvalue weighted by atomic mass is 32.1. The zero-order valence-corrected chi connectivity index (χ0v) is 15.3. The van der Waals surface area contributed by atoms with Crippen molar-refractivity contribution in [3.63, 3.8) is 0 Å². The molecule has 0 atom stereocenters. The minimum atomic E-state index is -0.593. The van der Waals surface area contributed by atoms with Gasteiger partial charge in [-0.1, -0.05) is 11.6 Å². The van der Waals surface area contributed by atoms with Gasteiger partial charge in [-0.15, -0.1) is 11.3 Å². The molecule has 1 amide bonds. The molecular weight excluding hydrogens is 355 g/mol. The highest BCUT2D eigenvalue weighted by Gasteiger charge is 2.14. The lowest BCUT2D eigenvalue weighted by Crippen LogP contribution is -2.12. The summed E-state index contributed by atoms with van der Waals surface area (Å²) in [5.74, 6) is -0.242. The number of amides is 1. The van der Waals surface area contributed by atoms with Crippen molar-refractivity contribution in [2.45, 2.75) is 6.92 Å². The molecule has 1 N–H and O–H groups in total. The second-order valence-electron chi connectivity index (χ2n) is 5.55. The lowest BCUT2D eigenvalue weighted by Gasteiger charge is -2.07. The molecule has 0 saturated heterocycles. The third kappa shape index (κ3) is 3.67. The zero-order valence-electron chi connectivity index (χ0n) is 14.5. The molecule has 3 aromatic rings. The van der Waals surface area contributed by atoms with E-state index in [2.05, 4.69) is 10.3 Å². The van der Waals surface area contributed by atoms with Crippen molar-refractivity contribution in [3.05, 3.63) is 58.7 Å². The Hall–Kier alpha value is -2.93. The lowest BCUT2D eigenvalue weighted by molar-refractivity contribution is 0.102. The summed E-state index contributed by atoms with van der Waals surface area (Å²) >= 11 is 1.29. The number of rotatable bonds is 5. The fourth-order valence-corrected chi connectivity index (χ4v) is 3.16. The Morgan fingerprint density at radius 2 is 1.85 bits per heavy atom. The van der Waals surface area contributed by atoms with Crippen molar-refractivity contribution in [1.82, 2.24) is 4.98 Å². The van der Waals surface area contributed by atoms with Crippen LogP contribution in [0.15, 0.2) is 41.8 Å². The summed E-state index contributed by atoms with van der Waals surface area (Å²) in [7, 11) is 2.97. The van der Waals surface area contributed by atoms with Crippen LogP contribution in [0.1, 0.15) is 15.9 Å². The summed E-state index contributed by atoms with van der Waals surface area (Å²) < 4.78 is 24.0. The van der Waals surface area contributed by atoms with Gasteiger partial charge in [0.2, 0.25) is 0 Å². The van der Waals surface area contributed by atoms with Gasteiger partial charge in [0.25, 0.3) is 5.91 Å². The Morgan fingerprint density at radius 1 is 1.12 bits per heavy atom. The van der Waals surface area contributed by atoms with Crippen molar-refractivity contribution in [2.75, 3.05) is 19.5 Å². The van der Waals surface area contributed by atoms with E-state index in [0.29, 0.717) is 16.6 Å². The molecule has 0 unspecified atom stereocenters. The van der Waals surface area contributed by atoms with Gasteiger partial charge in [-0.05, 0) is 37.3 Å². The molecule has 26 heavy (non-hydrogen) atoms. The van der Waals surface area contributed by atoms with E-state index in [9.17, 15) is 9.18 Å². The van der Waals surface area contributed by atoms with E-state index < -0.39 is 11.7 Å². The standard InChI is InChI=1S/C19H17FN2O3S/c1-11-4-6-16(24-2)13(8-11)15-10-26-19(21-15)22-18(23)12-5-7-17(25-3)14(20)9-12/h4-10H,1-3H3,(H,21,22,23). The Balaban J connectivity index is 1.81. The summed E-state index contributed by atoms with van der Waals surface area (Å²) in [6, 6.07) is 9.84. The van der Waals surface area contributed by atoms with Gasteiger partial charge in [0.05, 0.1) is 19.9 Å². The number of halogens is 1. The van der Waals surface area contributed by atoms with Crippen LogP contribution in [0.2, 0.25) is 0 Å². The Morgan fingerprint density at radius 3 is 2.54 bits per heavy atom. The number of carbonyl (C=O) groups is 1. The van der Waals surface area contributed by atoms with Crippen LogP contribution in [0.3, 0.4) is 0 Å². The number of hydrogen-bond donors (Lipinski definition) is 1. The molecule has 3 rings (SSSR count). The van der Waals surface area contributed by atoms with Crippen molar-refractivity contribution in [1.29, 1.82) is 0 Å². The molecule has 2 aromatic carbocycles. The molecule has 1 aromatic heterocycles. The third-order valence-corrected chi connectivity index (χ3v) is 4.53. The number of aromatic nitrogens is 1. The van der Waals surface area contributed by atoms with Gasteiger partial charge < -0.3 is 9.47 Å². The Labute approximate surface area is 154 Å². The van der Waals surface area contributed by atoms with Gasteiger partial charge in [0.1, 0.15) is 5.75 Å². The van der Waals surface area contributed by atoms with Gasteiger partial charge in [-0.2, -0.15) is 0 Å². The van der Waals surface area contributed by atoms with Crippen LogP contribution >= 0.6 is 11.3 Å². The van der Waals surface area contributed by atoms with Gasteiger partial charge in [-0.3, -0.25) is 10.1 Å². The quantitative estimate of drug-likeness (QED) is 0.715. The monoisotopic (exact) mass is 372 g/mol. The molecular formula is C19H17FN2O3S. The third-order valence-electron chi connectivity index (χ3n) is 3.77. The van der Waals surface area contributed by atoms with E-state index in [1.807, 2.05) is 30.5 Å². The van der Waals surface area contributed by atoms with E-state index >= 15 is 0 Å². The largest absolute Gasteiger partial charge is 0.496 e.